The van der Waals surface area contributed by atoms with Gasteiger partial charge < -0.3 is 14.2 Å². The molecule has 1 aliphatic heterocycles. The van der Waals surface area contributed by atoms with Crippen molar-refractivity contribution in [1.29, 1.82) is 0 Å². The Bertz CT molecular complexity index is 1390. The van der Waals surface area contributed by atoms with Gasteiger partial charge in [0.15, 0.2) is 17.2 Å². The first-order valence-corrected chi connectivity index (χ1v) is 11.7. The fourth-order valence-corrected chi connectivity index (χ4v) is 3.91. The molecule has 178 valence electrons. The van der Waals surface area contributed by atoms with Gasteiger partial charge in [0.05, 0.1) is 17.1 Å². The summed E-state index contributed by atoms with van der Waals surface area (Å²) in [6.45, 7) is 2.10. The van der Waals surface area contributed by atoms with E-state index >= 15 is 0 Å². The Labute approximate surface area is 219 Å². The van der Waals surface area contributed by atoms with Gasteiger partial charge in [0.2, 0.25) is 5.90 Å². The lowest BCUT2D eigenvalue weighted by Gasteiger charge is -2.13. The molecule has 3 aromatic carbocycles. The molecule has 0 saturated heterocycles. The van der Waals surface area contributed by atoms with E-state index in [1.165, 1.54) is 19.2 Å². The van der Waals surface area contributed by atoms with Crippen LogP contribution in [0.2, 0.25) is 5.02 Å². The number of carbonyl (C=O) groups is 1. The summed E-state index contributed by atoms with van der Waals surface area (Å²) in [4.78, 5) is 27.1. The van der Waals surface area contributed by atoms with Crippen LogP contribution in [0.15, 0.2) is 65.3 Å². The van der Waals surface area contributed by atoms with E-state index in [0.29, 0.717) is 22.6 Å². The van der Waals surface area contributed by atoms with Crippen LogP contribution in [0.1, 0.15) is 22.3 Å². The highest BCUT2D eigenvalue weighted by Gasteiger charge is 2.25. The van der Waals surface area contributed by atoms with Crippen LogP contribution in [0.3, 0.4) is 0 Å². The van der Waals surface area contributed by atoms with Crippen molar-refractivity contribution in [3.8, 4) is 11.5 Å². The topological polar surface area (TPSA) is 100 Å². The lowest BCUT2D eigenvalue weighted by molar-refractivity contribution is -0.384. The number of nitro benzene ring substituents is 1. The minimum Gasteiger partial charge on any atom is -0.493 e. The highest BCUT2D eigenvalue weighted by Crippen LogP contribution is 2.38. The summed E-state index contributed by atoms with van der Waals surface area (Å²) in [5, 5.41) is 11.1. The van der Waals surface area contributed by atoms with Gasteiger partial charge in [-0.05, 0) is 94.7 Å². The molecule has 4 rings (SSSR count). The van der Waals surface area contributed by atoms with E-state index in [1.807, 2.05) is 25.1 Å². The number of methoxy groups -OCH3 is 1. The second kappa shape index (κ2) is 10.4. The Morgan fingerprint density at radius 2 is 1.91 bits per heavy atom. The zero-order valence-corrected chi connectivity index (χ0v) is 21.5. The van der Waals surface area contributed by atoms with E-state index in [2.05, 4.69) is 27.6 Å². The Balaban J connectivity index is 1.56. The Morgan fingerprint density at radius 3 is 2.57 bits per heavy atom. The number of aliphatic imine (C=N–C) groups is 1. The number of esters is 1. The molecule has 1 heterocycles. The van der Waals surface area contributed by atoms with Gasteiger partial charge in [0, 0.05) is 21.3 Å². The molecule has 10 heteroatoms. The number of hydrogen-bond acceptors (Lipinski definition) is 7. The maximum atomic E-state index is 12.4. The molecule has 0 radical (unpaired) electrons. The van der Waals surface area contributed by atoms with Crippen molar-refractivity contribution in [2.24, 2.45) is 4.99 Å². The van der Waals surface area contributed by atoms with Crippen LogP contribution in [0.5, 0.6) is 11.5 Å². The first kappa shape index (κ1) is 24.7. The number of rotatable bonds is 7. The fourth-order valence-electron chi connectivity index (χ4n) is 3.30. The van der Waals surface area contributed by atoms with Gasteiger partial charge in [0.1, 0.15) is 6.61 Å². The number of benzene rings is 3. The smallest absolute Gasteiger partial charge is 0.363 e. The number of nitrogens with zero attached hydrogens (tertiary/aromatic N) is 2. The molecule has 0 spiro atoms. The van der Waals surface area contributed by atoms with Crippen molar-refractivity contribution in [2.45, 2.75) is 13.5 Å². The van der Waals surface area contributed by atoms with Crippen LogP contribution in [0.25, 0.3) is 6.08 Å². The molecular weight excluding hydrogens is 587 g/mol. The monoisotopic (exact) mass is 604 g/mol. The van der Waals surface area contributed by atoms with Gasteiger partial charge in [0.25, 0.3) is 5.69 Å². The van der Waals surface area contributed by atoms with Gasteiger partial charge >= 0.3 is 5.97 Å². The van der Waals surface area contributed by atoms with Crippen LogP contribution in [-0.4, -0.2) is 23.9 Å². The Morgan fingerprint density at radius 1 is 1.17 bits per heavy atom. The standard InChI is InChI=1S/C25H18ClIN2O6/c1-14-9-17(5-8-20(14)27)24-28-21(25(30)35-24)11-16-10-19(26)23(22(12-16)33-2)34-13-15-3-6-18(7-4-15)29(31)32/h3-12H,13H2,1-2H3/b21-11-. The molecule has 0 unspecified atom stereocenters. The number of carbonyl (C=O) groups excluding carboxylic acids is 1. The number of aryl methyl sites for hydroxylation is 1. The Kier molecular flexibility index (Phi) is 7.37. The van der Waals surface area contributed by atoms with Crippen molar-refractivity contribution in [3.05, 3.63) is 101 Å². The fraction of sp³-hybridized carbons (Fsp3) is 0.120. The van der Waals surface area contributed by atoms with Crippen molar-refractivity contribution in [1.82, 2.24) is 0 Å². The van der Waals surface area contributed by atoms with Crippen LogP contribution < -0.4 is 9.47 Å². The third-order valence-corrected chi connectivity index (χ3v) is 6.60. The highest BCUT2D eigenvalue weighted by molar-refractivity contribution is 14.1. The zero-order chi connectivity index (χ0) is 25.1. The molecule has 8 nitrogen and oxygen atoms in total. The summed E-state index contributed by atoms with van der Waals surface area (Å²) < 4.78 is 17.7. The van der Waals surface area contributed by atoms with E-state index in [-0.39, 0.29) is 28.9 Å². The molecule has 0 aromatic heterocycles. The molecule has 0 fully saturated rings. The quantitative estimate of drug-likeness (QED) is 0.106. The molecule has 1 aliphatic rings. The van der Waals surface area contributed by atoms with Crippen LogP contribution in [0.4, 0.5) is 5.69 Å². The summed E-state index contributed by atoms with van der Waals surface area (Å²) in [5.41, 5.74) is 3.20. The molecule has 3 aromatic rings. The predicted octanol–water partition coefficient (Wildman–Crippen LogP) is 6.09. The number of halogens is 2. The first-order chi connectivity index (χ1) is 16.7. The lowest BCUT2D eigenvalue weighted by atomic mass is 10.1. The maximum Gasteiger partial charge on any atom is 0.363 e. The largest absolute Gasteiger partial charge is 0.493 e. The molecule has 0 atom stereocenters. The molecule has 0 amide bonds. The molecule has 0 N–H and O–H groups in total. The number of hydrogen-bond donors (Lipinski definition) is 0. The average Bonchev–Trinajstić information content (AvgIpc) is 3.20. The molecule has 35 heavy (non-hydrogen) atoms. The summed E-state index contributed by atoms with van der Waals surface area (Å²) in [6.07, 6.45) is 1.56. The number of non-ortho nitro benzene ring substituents is 1. The average molecular weight is 605 g/mol. The van der Waals surface area contributed by atoms with Gasteiger partial charge in [-0.3, -0.25) is 10.1 Å². The lowest BCUT2D eigenvalue weighted by Crippen LogP contribution is -2.05. The zero-order valence-electron chi connectivity index (χ0n) is 18.6. The summed E-state index contributed by atoms with van der Waals surface area (Å²) in [7, 11) is 1.47. The molecule has 0 saturated carbocycles. The molecule has 0 aliphatic carbocycles. The van der Waals surface area contributed by atoms with E-state index in [4.69, 9.17) is 25.8 Å². The van der Waals surface area contributed by atoms with E-state index in [0.717, 1.165) is 14.7 Å². The first-order valence-electron chi connectivity index (χ1n) is 10.3. The summed E-state index contributed by atoms with van der Waals surface area (Å²) in [6, 6.07) is 15.0. The van der Waals surface area contributed by atoms with Crippen LogP contribution >= 0.6 is 34.2 Å². The predicted molar refractivity (Wildman–Crippen MR) is 140 cm³/mol. The minimum atomic E-state index is -0.565. The van der Waals surface area contributed by atoms with Crippen molar-refractivity contribution in [2.75, 3.05) is 7.11 Å². The number of cyclic esters (lactones) is 1. The third-order valence-electron chi connectivity index (χ3n) is 5.11. The SMILES string of the molecule is COc1cc(/C=C2\N=C(c3ccc(I)c(C)c3)OC2=O)cc(Cl)c1OCc1ccc([N+](=O)[O-])cc1. The van der Waals surface area contributed by atoms with Crippen LogP contribution in [-0.2, 0) is 16.1 Å². The van der Waals surface area contributed by atoms with E-state index in [1.54, 1.807) is 30.3 Å². The molecule has 0 bridgehead atoms. The summed E-state index contributed by atoms with van der Waals surface area (Å²) >= 11 is 8.68. The van der Waals surface area contributed by atoms with Gasteiger partial charge in [-0.1, -0.05) is 11.6 Å². The minimum absolute atomic E-state index is 0.00448. The molecular formula is C25H18ClIN2O6. The normalized spacial score (nSPS) is 14.0. The summed E-state index contributed by atoms with van der Waals surface area (Å²) in [5.74, 6) is 0.337. The van der Waals surface area contributed by atoms with E-state index < -0.39 is 10.9 Å². The third kappa shape index (κ3) is 5.63. The van der Waals surface area contributed by atoms with Gasteiger partial charge in [-0.2, -0.15) is 0 Å². The number of nitro groups is 1. The number of ether oxygens (including phenoxy) is 3. The highest BCUT2D eigenvalue weighted by atomic mass is 127. The van der Waals surface area contributed by atoms with Crippen molar-refractivity contribution < 1.29 is 23.9 Å². The van der Waals surface area contributed by atoms with E-state index in [9.17, 15) is 14.9 Å². The van der Waals surface area contributed by atoms with Crippen molar-refractivity contribution >= 4 is 57.8 Å². The van der Waals surface area contributed by atoms with Gasteiger partial charge in [-0.25, -0.2) is 9.79 Å². The second-order valence-corrected chi connectivity index (χ2v) is 9.12. The van der Waals surface area contributed by atoms with Crippen LogP contribution in [0, 0.1) is 20.6 Å². The maximum absolute atomic E-state index is 12.4. The van der Waals surface area contributed by atoms with Gasteiger partial charge in [-0.15, -0.1) is 0 Å². The Hall–Kier alpha value is -3.44. The second-order valence-electron chi connectivity index (χ2n) is 7.55. The van der Waals surface area contributed by atoms with Crippen molar-refractivity contribution in [3.63, 3.8) is 0 Å².